The second kappa shape index (κ2) is 5.81. The second-order valence-corrected chi connectivity index (χ2v) is 5.80. The molecule has 0 bridgehead atoms. The Hall–Kier alpha value is -2.15. The van der Waals surface area contributed by atoms with Crippen molar-refractivity contribution in [3.05, 3.63) is 56.0 Å². The molecule has 23 heavy (non-hydrogen) atoms. The lowest BCUT2D eigenvalue weighted by Gasteiger charge is -2.03. The van der Waals surface area contributed by atoms with Crippen molar-refractivity contribution < 1.29 is 9.52 Å². The van der Waals surface area contributed by atoms with E-state index < -0.39 is 5.76 Å². The van der Waals surface area contributed by atoms with Crippen LogP contribution in [0.1, 0.15) is 0 Å². The lowest BCUT2D eigenvalue weighted by atomic mass is 10.2. The maximum atomic E-state index is 12.0. The molecule has 0 aliphatic heterocycles. The molecule has 0 saturated heterocycles. The highest BCUT2D eigenvalue weighted by Crippen LogP contribution is 2.34. The van der Waals surface area contributed by atoms with Gasteiger partial charge in [0, 0.05) is 6.07 Å². The van der Waals surface area contributed by atoms with E-state index in [9.17, 15) is 9.90 Å². The minimum absolute atomic E-state index is 0.111. The third-order valence-electron chi connectivity index (χ3n) is 3.04. The highest BCUT2D eigenvalue weighted by atomic mass is 35.5. The molecule has 1 aromatic heterocycles. The van der Waals surface area contributed by atoms with Gasteiger partial charge in [-0.2, -0.15) is 4.68 Å². The Kier molecular flexibility index (Phi) is 3.97. The van der Waals surface area contributed by atoms with Gasteiger partial charge in [-0.1, -0.05) is 34.8 Å². The van der Waals surface area contributed by atoms with E-state index in [4.69, 9.17) is 45.0 Å². The first-order valence-electron chi connectivity index (χ1n) is 6.21. The number of anilines is 1. The molecular weight excluding hydrogens is 365 g/mol. The van der Waals surface area contributed by atoms with E-state index in [0.717, 1.165) is 4.68 Å². The molecule has 9 heteroatoms. The predicted octanol–water partition coefficient (Wildman–Crippen LogP) is 3.74. The first-order valence-corrected chi connectivity index (χ1v) is 7.34. The van der Waals surface area contributed by atoms with E-state index in [2.05, 4.69) is 5.10 Å². The molecule has 3 rings (SSSR count). The highest BCUT2D eigenvalue weighted by Gasteiger charge is 2.17. The fraction of sp³-hybridized carbons (Fsp3) is 0. The van der Waals surface area contributed by atoms with Crippen molar-refractivity contribution in [3.8, 4) is 22.9 Å². The van der Waals surface area contributed by atoms with Crippen molar-refractivity contribution in [2.75, 3.05) is 5.73 Å². The number of hydrogen-bond donors (Lipinski definition) is 2. The van der Waals surface area contributed by atoms with Crippen LogP contribution in [0, 0.1) is 0 Å². The number of benzene rings is 2. The number of nitrogens with two attached hydrogens (primary N) is 1. The van der Waals surface area contributed by atoms with Crippen molar-refractivity contribution in [3.63, 3.8) is 0 Å². The molecule has 0 fully saturated rings. The first-order chi connectivity index (χ1) is 10.9. The highest BCUT2D eigenvalue weighted by molar-refractivity contribution is 6.42. The molecule has 0 aliphatic rings. The Morgan fingerprint density at radius 3 is 2.52 bits per heavy atom. The van der Waals surface area contributed by atoms with Crippen molar-refractivity contribution in [1.29, 1.82) is 0 Å². The van der Waals surface area contributed by atoms with E-state index >= 15 is 0 Å². The molecular formula is C14H8Cl3N3O3. The van der Waals surface area contributed by atoms with Gasteiger partial charge in [0.1, 0.15) is 5.75 Å². The summed E-state index contributed by atoms with van der Waals surface area (Å²) in [4.78, 5) is 12.0. The molecule has 1 heterocycles. The first kappa shape index (κ1) is 15.7. The van der Waals surface area contributed by atoms with Gasteiger partial charge in [0.2, 0.25) is 0 Å². The van der Waals surface area contributed by atoms with E-state index in [1.807, 2.05) is 0 Å². The van der Waals surface area contributed by atoms with Crippen LogP contribution in [0.25, 0.3) is 17.1 Å². The van der Waals surface area contributed by atoms with Gasteiger partial charge in [0.15, 0.2) is 0 Å². The average Bonchev–Trinajstić information content (AvgIpc) is 2.87. The summed E-state index contributed by atoms with van der Waals surface area (Å²) in [6, 6.07) is 7.15. The van der Waals surface area contributed by atoms with E-state index in [1.165, 1.54) is 24.3 Å². The minimum Gasteiger partial charge on any atom is -0.507 e. The lowest BCUT2D eigenvalue weighted by molar-refractivity contribution is 0.470. The number of phenols is 1. The summed E-state index contributed by atoms with van der Waals surface area (Å²) in [5.41, 5.74) is 6.28. The number of phenolic OH excluding ortho intramolecular Hbond substituents is 1. The third-order valence-corrected chi connectivity index (χ3v) is 4.11. The Labute approximate surface area is 144 Å². The molecule has 6 nitrogen and oxygen atoms in total. The Balaban J connectivity index is 2.13. The molecule has 3 N–H and O–H groups in total. The molecule has 2 aromatic carbocycles. The van der Waals surface area contributed by atoms with E-state index in [0.29, 0.717) is 10.7 Å². The summed E-state index contributed by atoms with van der Waals surface area (Å²) in [6.45, 7) is 0. The Morgan fingerprint density at radius 1 is 1.09 bits per heavy atom. The van der Waals surface area contributed by atoms with E-state index in [1.54, 1.807) is 6.07 Å². The topological polar surface area (TPSA) is 94.3 Å². The summed E-state index contributed by atoms with van der Waals surface area (Å²) < 4.78 is 6.05. The maximum Gasteiger partial charge on any atom is 0.442 e. The molecule has 0 unspecified atom stereocenters. The number of aromatic hydroxyl groups is 1. The summed E-state index contributed by atoms with van der Waals surface area (Å²) in [6.07, 6.45) is 0. The van der Waals surface area contributed by atoms with Crippen LogP contribution in [-0.4, -0.2) is 14.9 Å². The normalized spacial score (nSPS) is 10.9. The van der Waals surface area contributed by atoms with Crippen molar-refractivity contribution in [1.82, 2.24) is 9.78 Å². The fourth-order valence-corrected chi connectivity index (χ4v) is 2.37. The van der Waals surface area contributed by atoms with Gasteiger partial charge in [-0.05, 0) is 24.3 Å². The van der Waals surface area contributed by atoms with Gasteiger partial charge < -0.3 is 15.3 Å². The second-order valence-electron chi connectivity index (χ2n) is 4.57. The summed E-state index contributed by atoms with van der Waals surface area (Å²) >= 11 is 17.7. The van der Waals surface area contributed by atoms with Crippen molar-refractivity contribution in [2.24, 2.45) is 0 Å². The van der Waals surface area contributed by atoms with Crippen LogP contribution in [0.15, 0.2) is 39.5 Å². The number of nitrogens with zero attached hydrogens (tertiary/aromatic N) is 2. The zero-order valence-corrected chi connectivity index (χ0v) is 13.5. The fourth-order valence-electron chi connectivity index (χ4n) is 1.92. The van der Waals surface area contributed by atoms with Crippen LogP contribution in [0.5, 0.6) is 5.75 Å². The third kappa shape index (κ3) is 2.88. The molecule has 0 spiro atoms. The molecule has 118 valence electrons. The number of aromatic nitrogens is 2. The van der Waals surface area contributed by atoms with Crippen LogP contribution in [-0.2, 0) is 0 Å². The van der Waals surface area contributed by atoms with Gasteiger partial charge in [0.25, 0.3) is 5.89 Å². The number of rotatable bonds is 2. The van der Waals surface area contributed by atoms with Crippen molar-refractivity contribution >= 4 is 40.5 Å². The van der Waals surface area contributed by atoms with Crippen LogP contribution in [0.4, 0.5) is 5.69 Å². The van der Waals surface area contributed by atoms with Gasteiger partial charge in [-0.15, -0.1) is 5.10 Å². The maximum absolute atomic E-state index is 12.0. The van der Waals surface area contributed by atoms with Crippen molar-refractivity contribution in [2.45, 2.75) is 0 Å². The zero-order valence-electron chi connectivity index (χ0n) is 11.3. The lowest BCUT2D eigenvalue weighted by Crippen LogP contribution is -2.13. The quantitative estimate of drug-likeness (QED) is 0.668. The predicted molar refractivity (Wildman–Crippen MR) is 88.6 cm³/mol. The summed E-state index contributed by atoms with van der Waals surface area (Å²) in [5, 5.41) is 14.8. The molecule has 0 radical (unpaired) electrons. The zero-order chi connectivity index (χ0) is 16.7. The SMILES string of the molecule is Nc1cc(O)c(-c2nn(-c3ccc(Cl)c(Cl)c3)c(=O)o2)cc1Cl. The average molecular weight is 373 g/mol. The molecule has 0 amide bonds. The van der Waals surface area contributed by atoms with Gasteiger partial charge in [-0.3, -0.25) is 0 Å². The van der Waals surface area contributed by atoms with E-state index in [-0.39, 0.29) is 32.9 Å². The Bertz CT molecular complexity index is 966. The smallest absolute Gasteiger partial charge is 0.442 e. The number of hydrogen-bond acceptors (Lipinski definition) is 5. The van der Waals surface area contributed by atoms with Gasteiger partial charge >= 0.3 is 5.76 Å². The Morgan fingerprint density at radius 2 is 1.83 bits per heavy atom. The largest absolute Gasteiger partial charge is 0.507 e. The summed E-state index contributed by atoms with van der Waals surface area (Å²) in [7, 11) is 0. The van der Waals surface area contributed by atoms with Gasteiger partial charge in [-0.25, -0.2) is 4.79 Å². The monoisotopic (exact) mass is 371 g/mol. The molecule has 0 saturated carbocycles. The molecule has 0 atom stereocenters. The van der Waals surface area contributed by atoms with Crippen LogP contribution >= 0.6 is 34.8 Å². The molecule has 0 aliphatic carbocycles. The van der Waals surface area contributed by atoms with Crippen LogP contribution < -0.4 is 11.5 Å². The van der Waals surface area contributed by atoms with Crippen LogP contribution in [0.2, 0.25) is 15.1 Å². The standard InChI is InChI=1S/C14H8Cl3N3O3/c15-8-2-1-6(3-9(8)16)20-14(22)23-13(19-20)7-4-10(17)11(18)5-12(7)21/h1-5,21H,18H2. The number of nitrogen functional groups attached to an aromatic ring is 1. The molecule has 3 aromatic rings. The van der Waals surface area contributed by atoms with Gasteiger partial charge in [0.05, 0.1) is 32.0 Å². The number of halogens is 3. The summed E-state index contributed by atoms with van der Waals surface area (Å²) in [5.74, 6) is -1.08. The van der Waals surface area contributed by atoms with Crippen LogP contribution in [0.3, 0.4) is 0 Å². The minimum atomic E-state index is -0.759.